The second-order valence-corrected chi connectivity index (χ2v) is 6.25. The molecule has 0 radical (unpaired) electrons. The normalized spacial score (nSPS) is 14.5. The quantitative estimate of drug-likeness (QED) is 0.879. The van der Waals surface area contributed by atoms with Crippen molar-refractivity contribution in [2.75, 3.05) is 6.54 Å². The number of nitrogens with zero attached hydrogens (tertiary/aromatic N) is 2. The number of aromatic nitrogens is 2. The van der Waals surface area contributed by atoms with Gasteiger partial charge >= 0.3 is 0 Å². The van der Waals surface area contributed by atoms with Crippen LogP contribution in [0.5, 0.6) is 5.75 Å². The molecule has 0 saturated heterocycles. The number of amides is 1. The van der Waals surface area contributed by atoms with Gasteiger partial charge in [-0.05, 0) is 24.8 Å². The number of phenolic OH excluding ortho intramolecular Hbond substituents is 1. The molecule has 1 saturated carbocycles. The standard InChI is InChI=1S/C16H17ClFN3O2/c17-15-7-14(19-20-15)16(23)21(8-10-2-1-3-10)9-11-4-5-12(22)6-13(11)18/h4-7,10,22H,1-3,8-9H2,(H,19,20). The molecule has 1 heterocycles. The number of carbonyl (C=O) groups is 1. The van der Waals surface area contributed by atoms with E-state index < -0.39 is 5.82 Å². The van der Waals surface area contributed by atoms with Crippen LogP contribution in [0.4, 0.5) is 4.39 Å². The Morgan fingerprint density at radius 3 is 2.78 bits per heavy atom. The molecule has 1 aliphatic carbocycles. The van der Waals surface area contributed by atoms with Crippen molar-refractivity contribution in [2.24, 2.45) is 5.92 Å². The summed E-state index contributed by atoms with van der Waals surface area (Å²) in [6.45, 7) is 0.702. The van der Waals surface area contributed by atoms with E-state index >= 15 is 0 Å². The van der Waals surface area contributed by atoms with E-state index in [9.17, 15) is 14.3 Å². The summed E-state index contributed by atoms with van der Waals surface area (Å²) in [6.07, 6.45) is 3.31. The number of H-pyrrole nitrogens is 1. The number of hydrogen-bond acceptors (Lipinski definition) is 3. The third-order valence-corrected chi connectivity index (χ3v) is 4.36. The van der Waals surface area contributed by atoms with Crippen molar-refractivity contribution in [3.05, 3.63) is 46.5 Å². The number of carbonyl (C=O) groups excluding carboxylic acids is 1. The van der Waals surface area contributed by atoms with Gasteiger partial charge in [-0.3, -0.25) is 9.89 Å². The van der Waals surface area contributed by atoms with Crippen molar-refractivity contribution in [3.63, 3.8) is 0 Å². The highest BCUT2D eigenvalue weighted by Crippen LogP contribution is 2.28. The molecule has 0 atom stereocenters. The minimum Gasteiger partial charge on any atom is -0.508 e. The molecule has 7 heteroatoms. The average molecular weight is 338 g/mol. The maximum absolute atomic E-state index is 14.0. The van der Waals surface area contributed by atoms with Crippen LogP contribution in [0, 0.1) is 11.7 Å². The van der Waals surface area contributed by atoms with Gasteiger partial charge in [-0.1, -0.05) is 24.1 Å². The molecule has 3 rings (SSSR count). The zero-order valence-corrected chi connectivity index (χ0v) is 13.2. The van der Waals surface area contributed by atoms with E-state index in [1.807, 2.05) is 0 Å². The summed E-state index contributed by atoms with van der Waals surface area (Å²) < 4.78 is 14.0. The Kier molecular flexibility index (Phi) is 4.52. The van der Waals surface area contributed by atoms with E-state index in [0.717, 1.165) is 25.3 Å². The monoisotopic (exact) mass is 337 g/mol. The summed E-state index contributed by atoms with van der Waals surface area (Å²) in [5, 5.41) is 15.9. The van der Waals surface area contributed by atoms with Gasteiger partial charge in [0.1, 0.15) is 17.3 Å². The highest BCUT2D eigenvalue weighted by Gasteiger charge is 2.26. The van der Waals surface area contributed by atoms with Gasteiger partial charge in [0.2, 0.25) is 0 Å². The minimum atomic E-state index is -0.529. The molecular formula is C16H17ClFN3O2. The van der Waals surface area contributed by atoms with Crippen LogP contribution < -0.4 is 0 Å². The Balaban J connectivity index is 1.81. The topological polar surface area (TPSA) is 69.2 Å². The molecule has 2 aromatic rings. The smallest absolute Gasteiger partial charge is 0.272 e. The van der Waals surface area contributed by atoms with Gasteiger partial charge < -0.3 is 10.0 Å². The largest absolute Gasteiger partial charge is 0.508 e. The first kappa shape index (κ1) is 15.8. The van der Waals surface area contributed by atoms with Gasteiger partial charge in [-0.15, -0.1) is 0 Å². The van der Waals surface area contributed by atoms with Crippen LogP contribution >= 0.6 is 11.6 Å². The van der Waals surface area contributed by atoms with Crippen molar-refractivity contribution in [2.45, 2.75) is 25.8 Å². The van der Waals surface area contributed by atoms with Crippen LogP contribution in [-0.2, 0) is 6.54 Å². The number of hydrogen-bond donors (Lipinski definition) is 2. The van der Waals surface area contributed by atoms with Crippen molar-refractivity contribution in [1.82, 2.24) is 15.1 Å². The predicted octanol–water partition coefficient (Wildman–Crippen LogP) is 3.35. The van der Waals surface area contributed by atoms with Crippen LogP contribution in [0.1, 0.15) is 35.3 Å². The number of phenols is 1. The van der Waals surface area contributed by atoms with Gasteiger partial charge in [0.05, 0.1) is 0 Å². The van der Waals surface area contributed by atoms with Crippen molar-refractivity contribution >= 4 is 17.5 Å². The van der Waals surface area contributed by atoms with Gasteiger partial charge in [0.25, 0.3) is 5.91 Å². The SMILES string of the molecule is O=C(c1cc(Cl)n[nH]1)N(Cc1ccc(O)cc1F)CC1CCC1. The van der Waals surface area contributed by atoms with Gasteiger partial charge in [0.15, 0.2) is 5.15 Å². The summed E-state index contributed by atoms with van der Waals surface area (Å²) in [6, 6.07) is 5.42. The second kappa shape index (κ2) is 6.58. The Morgan fingerprint density at radius 1 is 1.43 bits per heavy atom. The Labute approximate surface area is 138 Å². The number of rotatable bonds is 5. The molecular weight excluding hydrogens is 321 g/mol. The third-order valence-electron chi connectivity index (χ3n) is 4.17. The fourth-order valence-electron chi connectivity index (χ4n) is 2.65. The molecule has 1 aromatic heterocycles. The van der Waals surface area contributed by atoms with E-state index in [2.05, 4.69) is 10.2 Å². The maximum Gasteiger partial charge on any atom is 0.272 e. The average Bonchev–Trinajstić information content (AvgIpc) is 2.89. The summed E-state index contributed by atoms with van der Waals surface area (Å²) >= 11 is 5.76. The minimum absolute atomic E-state index is 0.136. The van der Waals surface area contributed by atoms with Crippen LogP contribution in [-0.4, -0.2) is 32.7 Å². The van der Waals surface area contributed by atoms with Crippen molar-refractivity contribution < 1.29 is 14.3 Å². The van der Waals surface area contributed by atoms with Crippen LogP contribution in [0.2, 0.25) is 5.15 Å². The summed E-state index contributed by atoms with van der Waals surface area (Å²) in [4.78, 5) is 14.2. The van der Waals surface area contributed by atoms with Gasteiger partial charge in [-0.25, -0.2) is 4.39 Å². The number of benzene rings is 1. The third kappa shape index (κ3) is 3.64. The molecule has 0 unspecified atom stereocenters. The summed E-state index contributed by atoms with van der Waals surface area (Å²) in [5.41, 5.74) is 0.648. The van der Waals surface area contributed by atoms with Gasteiger partial charge in [-0.2, -0.15) is 5.10 Å². The first-order valence-corrected chi connectivity index (χ1v) is 7.88. The Morgan fingerprint density at radius 2 is 2.22 bits per heavy atom. The Hall–Kier alpha value is -2.08. The van der Waals surface area contributed by atoms with Crippen LogP contribution in [0.15, 0.2) is 24.3 Å². The van der Waals surface area contributed by atoms with E-state index in [-0.39, 0.29) is 29.0 Å². The first-order valence-electron chi connectivity index (χ1n) is 7.50. The fraction of sp³-hybridized carbons (Fsp3) is 0.375. The number of nitrogens with one attached hydrogen (secondary N) is 1. The fourth-order valence-corrected chi connectivity index (χ4v) is 2.80. The molecule has 0 aliphatic heterocycles. The molecule has 0 spiro atoms. The van der Waals surface area contributed by atoms with E-state index in [0.29, 0.717) is 18.0 Å². The second-order valence-electron chi connectivity index (χ2n) is 5.86. The molecule has 2 N–H and O–H groups in total. The van der Waals surface area contributed by atoms with Crippen LogP contribution in [0.3, 0.4) is 0 Å². The lowest BCUT2D eigenvalue weighted by Gasteiger charge is -2.32. The van der Waals surface area contributed by atoms with Gasteiger partial charge in [0, 0.05) is 30.8 Å². The van der Waals surface area contributed by atoms with Crippen LogP contribution in [0.25, 0.3) is 0 Å². The lowest BCUT2D eigenvalue weighted by atomic mass is 9.85. The predicted molar refractivity (Wildman–Crippen MR) is 83.7 cm³/mol. The Bertz CT molecular complexity index is 715. The van der Waals surface area contributed by atoms with Crippen molar-refractivity contribution in [1.29, 1.82) is 0 Å². The molecule has 122 valence electrons. The molecule has 23 heavy (non-hydrogen) atoms. The van der Waals surface area contributed by atoms with E-state index in [1.54, 1.807) is 4.90 Å². The number of aromatic amines is 1. The van der Waals surface area contributed by atoms with Crippen molar-refractivity contribution in [3.8, 4) is 5.75 Å². The molecule has 1 amide bonds. The lowest BCUT2D eigenvalue weighted by molar-refractivity contribution is 0.0671. The summed E-state index contributed by atoms with van der Waals surface area (Å²) in [7, 11) is 0. The molecule has 0 bridgehead atoms. The molecule has 1 fully saturated rings. The molecule has 5 nitrogen and oxygen atoms in total. The highest BCUT2D eigenvalue weighted by molar-refractivity contribution is 6.29. The maximum atomic E-state index is 14.0. The number of halogens is 2. The molecule has 1 aromatic carbocycles. The first-order chi connectivity index (χ1) is 11.0. The zero-order valence-electron chi connectivity index (χ0n) is 12.4. The highest BCUT2D eigenvalue weighted by atomic mass is 35.5. The summed E-state index contributed by atoms with van der Waals surface area (Å²) in [5.74, 6) is -0.483. The zero-order chi connectivity index (χ0) is 16.4. The van der Waals surface area contributed by atoms with E-state index in [4.69, 9.17) is 11.6 Å². The molecule has 1 aliphatic rings. The lowest BCUT2D eigenvalue weighted by Crippen LogP contribution is -2.37. The van der Waals surface area contributed by atoms with E-state index in [1.165, 1.54) is 18.2 Å². The number of aromatic hydroxyl groups is 1.